The first-order valence-corrected chi connectivity index (χ1v) is 13.9. The highest BCUT2D eigenvalue weighted by Gasteiger charge is 2.42. The molecule has 35 heavy (non-hydrogen) atoms. The molecule has 0 amide bonds. The zero-order chi connectivity index (χ0) is 24.4. The SMILES string of the molecule is CC1(NS(=O)(=O)c2cc(C3=CCC4(CCC3)COC4)c3ncc(-c4nnc(C(F)F)s4)n3c2)CC1. The number of halogens is 2. The molecule has 3 aromatic rings. The summed E-state index contributed by atoms with van der Waals surface area (Å²) in [5.74, 6) is 0. The van der Waals surface area contributed by atoms with Crippen molar-refractivity contribution in [2.24, 2.45) is 5.41 Å². The summed E-state index contributed by atoms with van der Waals surface area (Å²) < 4.78 is 62.9. The predicted octanol–water partition coefficient (Wildman–Crippen LogP) is 4.60. The number of hydrogen-bond acceptors (Lipinski definition) is 7. The summed E-state index contributed by atoms with van der Waals surface area (Å²) in [6.07, 6.45) is 7.75. The molecule has 0 unspecified atom stereocenters. The van der Waals surface area contributed by atoms with E-state index < -0.39 is 22.0 Å². The molecular formula is C23H25F2N5O3S2. The van der Waals surface area contributed by atoms with Crippen molar-refractivity contribution < 1.29 is 21.9 Å². The number of alkyl halides is 2. The van der Waals surface area contributed by atoms with E-state index >= 15 is 0 Å². The minimum Gasteiger partial charge on any atom is -0.380 e. The van der Waals surface area contributed by atoms with Gasteiger partial charge in [-0.05, 0) is 57.1 Å². The van der Waals surface area contributed by atoms with Crippen molar-refractivity contribution in [1.82, 2.24) is 24.3 Å². The molecule has 12 heteroatoms. The standard InChI is InChI=1S/C23H25F2N5O3S2/c1-22(7-8-22)29-35(31,32)15-9-16(14-3-2-5-23(6-4-14)12-33-13-23)19-26-10-17(30(19)11-15)20-27-28-21(34-20)18(24)25/h4,9-11,18,29H,2-3,5-8,12-13H2,1H3. The molecule has 0 radical (unpaired) electrons. The van der Waals surface area contributed by atoms with Gasteiger partial charge in [-0.3, -0.25) is 4.40 Å². The zero-order valence-corrected chi connectivity index (χ0v) is 20.8. The minimum atomic E-state index is -3.82. The average molecular weight is 522 g/mol. The second-order valence-electron chi connectivity index (χ2n) is 10.1. The molecule has 1 saturated heterocycles. The highest BCUT2D eigenvalue weighted by molar-refractivity contribution is 7.89. The molecule has 0 bridgehead atoms. The van der Waals surface area contributed by atoms with Crippen molar-refractivity contribution in [1.29, 1.82) is 0 Å². The fourth-order valence-corrected chi connectivity index (χ4v) is 6.99. The summed E-state index contributed by atoms with van der Waals surface area (Å²) in [4.78, 5) is 4.68. The molecule has 2 fully saturated rings. The maximum absolute atomic E-state index is 13.4. The number of rotatable bonds is 6. The Bertz CT molecular complexity index is 1440. The predicted molar refractivity (Wildman–Crippen MR) is 127 cm³/mol. The van der Waals surface area contributed by atoms with Crippen molar-refractivity contribution in [2.75, 3.05) is 13.2 Å². The van der Waals surface area contributed by atoms with Crippen LogP contribution in [0.2, 0.25) is 0 Å². The van der Waals surface area contributed by atoms with Gasteiger partial charge in [0.05, 0.1) is 24.3 Å². The molecule has 2 aliphatic carbocycles. The third kappa shape index (κ3) is 4.20. The molecule has 1 saturated carbocycles. The van der Waals surface area contributed by atoms with Crippen LogP contribution in [0.4, 0.5) is 8.78 Å². The first kappa shape index (κ1) is 23.1. The number of nitrogens with zero attached hydrogens (tertiary/aromatic N) is 4. The maximum atomic E-state index is 13.4. The van der Waals surface area contributed by atoms with E-state index in [1.165, 1.54) is 6.20 Å². The summed E-state index contributed by atoms with van der Waals surface area (Å²) in [6, 6.07) is 1.69. The largest absolute Gasteiger partial charge is 0.380 e. The second-order valence-corrected chi connectivity index (χ2v) is 12.8. The minimum absolute atomic E-state index is 0.109. The number of sulfonamides is 1. The second kappa shape index (κ2) is 8.12. The molecule has 0 atom stereocenters. The lowest BCUT2D eigenvalue weighted by atomic mass is 9.79. The summed E-state index contributed by atoms with van der Waals surface area (Å²) in [7, 11) is -3.82. The van der Waals surface area contributed by atoms with Gasteiger partial charge in [-0.15, -0.1) is 10.2 Å². The smallest absolute Gasteiger partial charge is 0.291 e. The number of hydrogen-bond donors (Lipinski definition) is 1. The van der Waals surface area contributed by atoms with Gasteiger partial charge in [-0.25, -0.2) is 26.9 Å². The first-order chi connectivity index (χ1) is 16.7. The molecule has 0 aromatic carbocycles. The Morgan fingerprint density at radius 3 is 2.69 bits per heavy atom. The lowest BCUT2D eigenvalue weighted by Gasteiger charge is -2.40. The lowest BCUT2D eigenvalue weighted by molar-refractivity contribution is -0.115. The number of aromatic nitrogens is 4. The Hall–Kier alpha value is -2.28. The molecule has 1 N–H and O–H groups in total. The van der Waals surface area contributed by atoms with Crippen molar-refractivity contribution >= 4 is 32.6 Å². The molecule has 6 rings (SSSR count). The Labute approximate surface area is 205 Å². The summed E-state index contributed by atoms with van der Waals surface area (Å²) in [5.41, 5.74) is 2.50. The molecule has 8 nitrogen and oxygen atoms in total. The van der Waals surface area contributed by atoms with Gasteiger partial charge in [0.15, 0.2) is 10.0 Å². The van der Waals surface area contributed by atoms with Crippen LogP contribution in [-0.4, -0.2) is 46.8 Å². The Kier molecular flexibility index (Phi) is 5.37. The van der Waals surface area contributed by atoms with Crippen LogP contribution in [0.25, 0.3) is 21.9 Å². The van der Waals surface area contributed by atoms with Gasteiger partial charge in [0.25, 0.3) is 6.43 Å². The first-order valence-electron chi connectivity index (χ1n) is 11.6. The highest BCUT2D eigenvalue weighted by Crippen LogP contribution is 2.43. The number of fused-ring (bicyclic) bond motifs is 1. The average Bonchev–Trinajstić information content (AvgIpc) is 3.16. The van der Waals surface area contributed by atoms with E-state index in [-0.39, 0.29) is 20.3 Å². The number of nitrogens with one attached hydrogen (secondary N) is 1. The Morgan fingerprint density at radius 2 is 2.03 bits per heavy atom. The van der Waals surface area contributed by atoms with Crippen molar-refractivity contribution in [3.63, 3.8) is 0 Å². The zero-order valence-electron chi connectivity index (χ0n) is 19.1. The summed E-state index contributed by atoms with van der Waals surface area (Å²) >= 11 is 0.775. The molecule has 186 valence electrons. The van der Waals surface area contributed by atoms with Crippen LogP contribution < -0.4 is 4.72 Å². The van der Waals surface area contributed by atoms with Crippen molar-refractivity contribution in [3.8, 4) is 10.7 Å². The quantitative estimate of drug-likeness (QED) is 0.509. The van der Waals surface area contributed by atoms with Gasteiger partial charge in [0, 0.05) is 22.7 Å². The van der Waals surface area contributed by atoms with Gasteiger partial charge >= 0.3 is 0 Å². The van der Waals surface area contributed by atoms with E-state index in [2.05, 4.69) is 26.0 Å². The number of imidazole rings is 1. The summed E-state index contributed by atoms with van der Waals surface area (Å²) in [6.45, 7) is 3.38. The van der Waals surface area contributed by atoms with Crippen LogP contribution >= 0.6 is 11.3 Å². The number of allylic oxidation sites excluding steroid dienone is 2. The van der Waals surface area contributed by atoms with Gasteiger partial charge in [-0.2, -0.15) is 0 Å². The van der Waals surface area contributed by atoms with Crippen LogP contribution in [0.1, 0.15) is 62.4 Å². The molecule has 4 heterocycles. The van der Waals surface area contributed by atoms with Gasteiger partial charge in [-0.1, -0.05) is 17.4 Å². The Balaban J connectivity index is 1.50. The molecule has 3 aromatic heterocycles. The normalized spacial score (nSPS) is 21.2. The van der Waals surface area contributed by atoms with Crippen LogP contribution in [0.5, 0.6) is 0 Å². The van der Waals surface area contributed by atoms with Crippen molar-refractivity contribution in [3.05, 3.63) is 35.1 Å². The van der Waals surface area contributed by atoms with Gasteiger partial charge in [0.1, 0.15) is 11.3 Å². The van der Waals surface area contributed by atoms with E-state index in [0.29, 0.717) is 11.3 Å². The van der Waals surface area contributed by atoms with Crippen LogP contribution in [0.15, 0.2) is 29.4 Å². The molecule has 3 aliphatic rings. The topological polar surface area (TPSA) is 98.5 Å². The van der Waals surface area contributed by atoms with E-state index in [1.54, 1.807) is 16.7 Å². The van der Waals surface area contributed by atoms with Gasteiger partial charge < -0.3 is 4.74 Å². The number of ether oxygens (including phenoxy) is 1. The third-order valence-corrected chi connectivity index (χ3v) is 9.77. The lowest BCUT2D eigenvalue weighted by Crippen LogP contribution is -2.41. The molecule has 1 aliphatic heterocycles. The van der Waals surface area contributed by atoms with E-state index in [4.69, 9.17) is 4.74 Å². The van der Waals surface area contributed by atoms with Crippen molar-refractivity contribution in [2.45, 2.75) is 62.3 Å². The maximum Gasteiger partial charge on any atom is 0.291 e. The molecule has 1 spiro atoms. The van der Waals surface area contributed by atoms with Crippen LogP contribution in [-0.2, 0) is 14.8 Å². The fraction of sp³-hybridized carbons (Fsp3) is 0.522. The van der Waals surface area contributed by atoms with E-state index in [9.17, 15) is 17.2 Å². The molecular weight excluding hydrogens is 496 g/mol. The number of pyridine rings is 1. The highest BCUT2D eigenvalue weighted by atomic mass is 32.2. The summed E-state index contributed by atoms with van der Waals surface area (Å²) in [5, 5.41) is 7.38. The monoisotopic (exact) mass is 521 g/mol. The Morgan fingerprint density at radius 1 is 1.23 bits per heavy atom. The van der Waals surface area contributed by atoms with E-state index in [1.807, 2.05) is 6.92 Å². The van der Waals surface area contributed by atoms with Gasteiger partial charge in [0.2, 0.25) is 10.0 Å². The fourth-order valence-electron chi connectivity index (χ4n) is 4.80. The van der Waals surface area contributed by atoms with Crippen LogP contribution in [0, 0.1) is 5.41 Å². The third-order valence-electron chi connectivity index (χ3n) is 7.22. The van der Waals surface area contributed by atoms with Crippen LogP contribution in [0.3, 0.4) is 0 Å². The van der Waals surface area contributed by atoms with E-state index in [0.717, 1.165) is 74.2 Å².